The van der Waals surface area contributed by atoms with Gasteiger partial charge in [0.2, 0.25) is 4.77 Å². The molecule has 0 aromatic carbocycles. The first-order chi connectivity index (χ1) is 7.68. The highest BCUT2D eigenvalue weighted by Crippen LogP contribution is 1.90. The SMILES string of the molecule is Cc1n[nH]c(=S)n(/N=C/c2ccc[nH]2)c1=O. The Kier molecular flexibility index (Phi) is 2.78. The van der Waals surface area contributed by atoms with Gasteiger partial charge in [0.15, 0.2) is 0 Å². The zero-order chi connectivity index (χ0) is 11.5. The minimum atomic E-state index is -0.327. The van der Waals surface area contributed by atoms with Gasteiger partial charge in [-0.3, -0.25) is 9.89 Å². The van der Waals surface area contributed by atoms with Crippen LogP contribution in [0.15, 0.2) is 28.2 Å². The average Bonchev–Trinajstić information content (AvgIpc) is 2.77. The van der Waals surface area contributed by atoms with Gasteiger partial charge in [-0.2, -0.15) is 14.9 Å². The van der Waals surface area contributed by atoms with Crippen molar-refractivity contribution in [2.75, 3.05) is 0 Å². The van der Waals surface area contributed by atoms with E-state index >= 15 is 0 Å². The molecule has 0 radical (unpaired) electrons. The molecule has 0 aliphatic rings. The van der Waals surface area contributed by atoms with Crippen molar-refractivity contribution in [1.29, 1.82) is 0 Å². The fourth-order valence-corrected chi connectivity index (χ4v) is 1.30. The van der Waals surface area contributed by atoms with E-state index in [1.807, 2.05) is 12.1 Å². The van der Waals surface area contributed by atoms with Crippen LogP contribution in [0.2, 0.25) is 0 Å². The smallest absolute Gasteiger partial charge is 0.296 e. The van der Waals surface area contributed by atoms with Crippen LogP contribution in [-0.4, -0.2) is 26.1 Å². The second-order valence-corrected chi connectivity index (χ2v) is 3.49. The van der Waals surface area contributed by atoms with Crippen LogP contribution in [-0.2, 0) is 0 Å². The third-order valence-corrected chi connectivity index (χ3v) is 2.21. The van der Waals surface area contributed by atoms with Gasteiger partial charge < -0.3 is 4.98 Å². The summed E-state index contributed by atoms with van der Waals surface area (Å²) < 4.78 is 1.26. The number of aryl methyl sites for hydroxylation is 1. The molecule has 0 atom stereocenters. The van der Waals surface area contributed by atoms with E-state index in [1.54, 1.807) is 13.1 Å². The lowest BCUT2D eigenvalue weighted by Crippen LogP contribution is -2.22. The molecule has 0 unspecified atom stereocenters. The lowest BCUT2D eigenvalue weighted by Gasteiger charge is -1.97. The molecule has 0 aliphatic carbocycles. The number of aromatic nitrogens is 4. The molecule has 16 heavy (non-hydrogen) atoms. The number of nitrogens with one attached hydrogen (secondary N) is 2. The number of aromatic amines is 2. The number of nitrogens with zero attached hydrogens (tertiary/aromatic N) is 3. The minimum Gasteiger partial charge on any atom is -0.360 e. The molecule has 0 spiro atoms. The van der Waals surface area contributed by atoms with Gasteiger partial charge in [-0.25, -0.2) is 0 Å². The van der Waals surface area contributed by atoms with E-state index in [0.29, 0.717) is 5.69 Å². The molecule has 0 bridgehead atoms. The summed E-state index contributed by atoms with van der Waals surface area (Å²) in [7, 11) is 0. The maximum absolute atomic E-state index is 11.6. The van der Waals surface area contributed by atoms with Gasteiger partial charge in [0.05, 0.1) is 11.9 Å². The number of rotatable bonds is 2. The molecule has 2 N–H and O–H groups in total. The molecule has 0 saturated heterocycles. The number of hydrogen-bond donors (Lipinski definition) is 2. The summed E-state index contributed by atoms with van der Waals surface area (Å²) in [6.45, 7) is 1.59. The molecule has 82 valence electrons. The highest BCUT2D eigenvalue weighted by atomic mass is 32.1. The van der Waals surface area contributed by atoms with Crippen LogP contribution in [0.3, 0.4) is 0 Å². The van der Waals surface area contributed by atoms with E-state index in [9.17, 15) is 4.79 Å². The van der Waals surface area contributed by atoms with Crippen LogP contribution in [0.25, 0.3) is 0 Å². The quantitative estimate of drug-likeness (QED) is 0.597. The van der Waals surface area contributed by atoms with Crippen molar-refractivity contribution >= 4 is 18.4 Å². The third-order valence-electron chi connectivity index (χ3n) is 1.95. The Morgan fingerprint density at radius 1 is 1.62 bits per heavy atom. The van der Waals surface area contributed by atoms with E-state index in [1.165, 1.54) is 6.21 Å². The van der Waals surface area contributed by atoms with E-state index in [4.69, 9.17) is 12.2 Å². The number of H-pyrrole nitrogens is 2. The molecule has 7 heteroatoms. The molecule has 0 saturated carbocycles. The predicted molar refractivity (Wildman–Crippen MR) is 62.2 cm³/mol. The molecule has 6 nitrogen and oxygen atoms in total. The molecule has 0 fully saturated rings. The van der Waals surface area contributed by atoms with Gasteiger partial charge in [-0.1, -0.05) is 0 Å². The van der Waals surface area contributed by atoms with Gasteiger partial charge >= 0.3 is 0 Å². The summed E-state index contributed by atoms with van der Waals surface area (Å²) in [5.74, 6) is 0. The average molecular weight is 235 g/mol. The topological polar surface area (TPSA) is 78.8 Å². The Morgan fingerprint density at radius 2 is 2.44 bits per heavy atom. The Bertz CT molecular complexity index is 622. The van der Waals surface area contributed by atoms with Crippen LogP contribution >= 0.6 is 12.2 Å². The van der Waals surface area contributed by atoms with Crippen LogP contribution in [0, 0.1) is 11.7 Å². The molecule has 2 rings (SSSR count). The maximum atomic E-state index is 11.6. The molecule has 0 amide bonds. The van der Waals surface area contributed by atoms with E-state index in [2.05, 4.69) is 20.3 Å². The van der Waals surface area contributed by atoms with Crippen molar-refractivity contribution in [3.8, 4) is 0 Å². The Hall–Kier alpha value is -2.02. The second kappa shape index (κ2) is 4.23. The van der Waals surface area contributed by atoms with Crippen LogP contribution < -0.4 is 5.56 Å². The van der Waals surface area contributed by atoms with Crippen LogP contribution in [0.5, 0.6) is 0 Å². The first kappa shape index (κ1) is 10.5. The van der Waals surface area contributed by atoms with Gasteiger partial charge in [-0.15, -0.1) is 0 Å². The van der Waals surface area contributed by atoms with Crippen molar-refractivity contribution in [1.82, 2.24) is 19.9 Å². The standard InChI is InChI=1S/C9H9N5OS/c1-6-8(15)14(9(16)13-12-6)11-5-7-3-2-4-10-7/h2-5,10H,1H3,(H,13,16)/b11-5+. The first-order valence-corrected chi connectivity index (χ1v) is 4.95. The molecular formula is C9H9N5OS. The Labute approximate surface area is 95.7 Å². The molecule has 0 aliphatic heterocycles. The fraction of sp³-hybridized carbons (Fsp3) is 0.111. The van der Waals surface area contributed by atoms with Gasteiger partial charge in [0, 0.05) is 6.20 Å². The highest BCUT2D eigenvalue weighted by molar-refractivity contribution is 7.71. The maximum Gasteiger partial charge on any atom is 0.296 e. The summed E-state index contributed by atoms with van der Waals surface area (Å²) in [6, 6.07) is 3.66. The summed E-state index contributed by atoms with van der Waals surface area (Å²) >= 11 is 4.91. The Morgan fingerprint density at radius 3 is 3.12 bits per heavy atom. The molecule has 2 aromatic rings. The third kappa shape index (κ3) is 1.98. The van der Waals surface area contributed by atoms with Gasteiger partial charge in [-0.05, 0) is 31.3 Å². The predicted octanol–water partition coefficient (Wildman–Crippen LogP) is 0.820. The fourth-order valence-electron chi connectivity index (χ4n) is 1.12. The first-order valence-electron chi connectivity index (χ1n) is 4.54. The van der Waals surface area contributed by atoms with Crippen molar-refractivity contribution in [3.05, 3.63) is 44.8 Å². The lowest BCUT2D eigenvalue weighted by atomic mass is 10.5. The van der Waals surface area contributed by atoms with E-state index in [0.717, 1.165) is 10.4 Å². The minimum absolute atomic E-state index is 0.165. The van der Waals surface area contributed by atoms with Crippen LogP contribution in [0.4, 0.5) is 0 Å². The van der Waals surface area contributed by atoms with Crippen molar-refractivity contribution in [2.45, 2.75) is 6.92 Å². The van der Waals surface area contributed by atoms with E-state index < -0.39 is 0 Å². The van der Waals surface area contributed by atoms with Gasteiger partial charge in [0.1, 0.15) is 5.69 Å². The zero-order valence-electron chi connectivity index (χ0n) is 8.47. The van der Waals surface area contributed by atoms with Crippen molar-refractivity contribution < 1.29 is 0 Å². The lowest BCUT2D eigenvalue weighted by molar-refractivity contribution is 0.720. The van der Waals surface area contributed by atoms with Gasteiger partial charge in [0.25, 0.3) is 5.56 Å². The monoisotopic (exact) mass is 235 g/mol. The normalized spacial score (nSPS) is 11.1. The number of hydrogen-bond acceptors (Lipinski definition) is 4. The highest BCUT2D eigenvalue weighted by Gasteiger charge is 2.00. The summed E-state index contributed by atoms with van der Waals surface area (Å²) in [4.78, 5) is 14.6. The summed E-state index contributed by atoms with van der Waals surface area (Å²) in [5, 5.41) is 10.3. The summed E-state index contributed by atoms with van der Waals surface area (Å²) in [5.41, 5.74) is 0.777. The second-order valence-electron chi connectivity index (χ2n) is 3.10. The van der Waals surface area contributed by atoms with Crippen LogP contribution in [0.1, 0.15) is 11.4 Å². The molecule has 2 heterocycles. The molecular weight excluding hydrogens is 226 g/mol. The zero-order valence-corrected chi connectivity index (χ0v) is 9.28. The Balaban J connectivity index is 2.46. The molecule has 2 aromatic heterocycles. The van der Waals surface area contributed by atoms with Crippen molar-refractivity contribution in [2.24, 2.45) is 5.10 Å². The van der Waals surface area contributed by atoms with Crippen molar-refractivity contribution in [3.63, 3.8) is 0 Å². The largest absolute Gasteiger partial charge is 0.360 e. The summed E-state index contributed by atoms with van der Waals surface area (Å²) in [6.07, 6.45) is 3.28. The van der Waals surface area contributed by atoms with E-state index in [-0.39, 0.29) is 10.3 Å².